The van der Waals surface area contributed by atoms with Crippen molar-refractivity contribution in [1.82, 2.24) is 15.1 Å². The fraction of sp³-hybridized carbons (Fsp3) is 0.571. The van der Waals surface area contributed by atoms with Crippen LogP contribution in [0.5, 0.6) is 0 Å². The van der Waals surface area contributed by atoms with Gasteiger partial charge in [-0.2, -0.15) is 0 Å². The molecule has 1 fully saturated rings. The first kappa shape index (κ1) is 23.1. The summed E-state index contributed by atoms with van der Waals surface area (Å²) in [5, 5.41) is 6.81. The van der Waals surface area contributed by atoms with Crippen molar-refractivity contribution in [2.75, 3.05) is 44.6 Å². The minimum absolute atomic E-state index is 0.0594. The highest BCUT2D eigenvalue weighted by Crippen LogP contribution is 2.13. The summed E-state index contributed by atoms with van der Waals surface area (Å²) in [6.07, 6.45) is 2.18. The number of thiocarbonyl (C=S) groups is 1. The van der Waals surface area contributed by atoms with Gasteiger partial charge in [-0.15, -0.1) is 0 Å². The Kier molecular flexibility index (Phi) is 9.87. The number of esters is 1. The zero-order valence-electron chi connectivity index (χ0n) is 17.4. The van der Waals surface area contributed by atoms with Crippen molar-refractivity contribution in [1.29, 1.82) is 0 Å². The van der Waals surface area contributed by atoms with Crippen LogP contribution in [0.4, 0.5) is 5.69 Å². The highest BCUT2D eigenvalue weighted by molar-refractivity contribution is 7.80. The fourth-order valence-electron chi connectivity index (χ4n) is 3.26. The Balaban J connectivity index is 1.71. The minimum Gasteiger partial charge on any atom is -0.466 e. The molecule has 0 unspecified atom stereocenters. The average molecular weight is 421 g/mol. The summed E-state index contributed by atoms with van der Waals surface area (Å²) < 4.78 is 4.93. The zero-order chi connectivity index (χ0) is 21.1. The van der Waals surface area contributed by atoms with Crippen molar-refractivity contribution in [2.45, 2.75) is 39.7 Å². The van der Waals surface area contributed by atoms with Gasteiger partial charge in [-0.1, -0.05) is 12.1 Å². The van der Waals surface area contributed by atoms with Gasteiger partial charge in [0.2, 0.25) is 5.91 Å². The summed E-state index contributed by atoms with van der Waals surface area (Å²) >= 11 is 5.53. The van der Waals surface area contributed by atoms with Gasteiger partial charge in [0, 0.05) is 58.3 Å². The van der Waals surface area contributed by atoms with Crippen LogP contribution < -0.4 is 10.6 Å². The number of carbonyl (C=O) groups is 2. The maximum atomic E-state index is 11.4. The summed E-state index contributed by atoms with van der Waals surface area (Å²) in [5.41, 5.74) is 2.05. The largest absolute Gasteiger partial charge is 0.466 e. The average Bonchev–Trinajstić information content (AvgIpc) is 2.92. The van der Waals surface area contributed by atoms with Gasteiger partial charge in [0.15, 0.2) is 5.11 Å². The third-order valence-electron chi connectivity index (χ3n) is 4.70. The zero-order valence-corrected chi connectivity index (χ0v) is 18.2. The first-order chi connectivity index (χ1) is 14.0. The van der Waals surface area contributed by atoms with E-state index in [0.717, 1.165) is 49.9 Å². The van der Waals surface area contributed by atoms with Crippen molar-refractivity contribution in [3.05, 3.63) is 29.8 Å². The predicted molar refractivity (Wildman–Crippen MR) is 119 cm³/mol. The van der Waals surface area contributed by atoms with E-state index in [0.29, 0.717) is 26.0 Å². The van der Waals surface area contributed by atoms with Crippen LogP contribution in [0.1, 0.15) is 38.7 Å². The molecule has 0 radical (unpaired) electrons. The van der Waals surface area contributed by atoms with Crippen molar-refractivity contribution in [3.63, 3.8) is 0 Å². The molecule has 0 bridgehead atoms. The van der Waals surface area contributed by atoms with Crippen LogP contribution in [0, 0.1) is 0 Å². The van der Waals surface area contributed by atoms with Crippen LogP contribution in [0.15, 0.2) is 24.3 Å². The number of rotatable bonds is 8. The SMILES string of the molecule is CCOC(=O)CCCNC(=S)N1CCCN(Cc2ccc(NC(C)=O)cc2)CC1. The van der Waals surface area contributed by atoms with Gasteiger partial charge in [-0.25, -0.2) is 0 Å². The van der Waals surface area contributed by atoms with E-state index < -0.39 is 0 Å². The molecule has 1 heterocycles. The van der Waals surface area contributed by atoms with E-state index in [1.165, 1.54) is 12.5 Å². The van der Waals surface area contributed by atoms with Crippen molar-refractivity contribution >= 4 is 34.9 Å². The molecule has 0 saturated carbocycles. The monoisotopic (exact) mass is 420 g/mol. The topological polar surface area (TPSA) is 73.9 Å². The maximum absolute atomic E-state index is 11.4. The summed E-state index contributed by atoms with van der Waals surface area (Å²) in [7, 11) is 0. The molecule has 1 aromatic carbocycles. The second-order valence-corrected chi connectivity index (χ2v) is 7.52. The highest BCUT2D eigenvalue weighted by Gasteiger charge is 2.17. The molecule has 1 aliphatic heterocycles. The van der Waals surface area contributed by atoms with Crippen LogP contribution >= 0.6 is 12.2 Å². The smallest absolute Gasteiger partial charge is 0.305 e. The van der Waals surface area contributed by atoms with E-state index in [1.807, 2.05) is 19.1 Å². The standard InChI is InChI=1S/C21H32N4O3S/c1-3-28-20(27)6-4-11-22-21(29)25-13-5-12-24(14-15-25)16-18-7-9-19(10-8-18)23-17(2)26/h7-10H,3-6,11-16H2,1-2H3,(H,22,29)(H,23,26). The number of nitrogens with one attached hydrogen (secondary N) is 2. The first-order valence-electron chi connectivity index (χ1n) is 10.2. The number of hydrogen-bond acceptors (Lipinski definition) is 5. The second-order valence-electron chi connectivity index (χ2n) is 7.14. The molecule has 1 saturated heterocycles. The molecule has 29 heavy (non-hydrogen) atoms. The molecule has 0 aliphatic carbocycles. The van der Waals surface area contributed by atoms with Crippen LogP contribution in [0.3, 0.4) is 0 Å². The van der Waals surface area contributed by atoms with Crippen molar-refractivity contribution < 1.29 is 14.3 Å². The Labute approximate surface area is 178 Å². The van der Waals surface area contributed by atoms with E-state index in [-0.39, 0.29) is 11.9 Å². The Morgan fingerprint density at radius 1 is 1.14 bits per heavy atom. The van der Waals surface area contributed by atoms with Crippen molar-refractivity contribution in [2.24, 2.45) is 0 Å². The number of hydrogen-bond donors (Lipinski definition) is 2. The van der Waals surface area contributed by atoms with Gasteiger partial charge < -0.3 is 20.3 Å². The maximum Gasteiger partial charge on any atom is 0.305 e. The lowest BCUT2D eigenvalue weighted by molar-refractivity contribution is -0.143. The molecule has 0 aromatic heterocycles. The molecule has 7 nitrogen and oxygen atoms in total. The Bertz CT molecular complexity index is 681. The lowest BCUT2D eigenvalue weighted by Gasteiger charge is -2.24. The molecule has 8 heteroatoms. The molecular formula is C21H32N4O3S. The van der Waals surface area contributed by atoms with E-state index in [9.17, 15) is 9.59 Å². The summed E-state index contributed by atoms with van der Waals surface area (Å²) in [5.74, 6) is -0.216. The Morgan fingerprint density at radius 2 is 1.90 bits per heavy atom. The summed E-state index contributed by atoms with van der Waals surface area (Å²) in [6, 6.07) is 8.00. The lowest BCUT2D eigenvalue weighted by atomic mass is 10.2. The molecule has 1 amide bonds. The van der Waals surface area contributed by atoms with Crippen LogP contribution in [0.2, 0.25) is 0 Å². The first-order valence-corrected chi connectivity index (χ1v) is 10.7. The highest BCUT2D eigenvalue weighted by atomic mass is 32.1. The number of ether oxygens (including phenoxy) is 1. The summed E-state index contributed by atoms with van der Waals surface area (Å²) in [6.45, 7) is 9.09. The van der Waals surface area contributed by atoms with Crippen molar-refractivity contribution in [3.8, 4) is 0 Å². The predicted octanol–water partition coefficient (Wildman–Crippen LogP) is 2.37. The van der Waals surface area contributed by atoms with E-state index >= 15 is 0 Å². The second kappa shape index (κ2) is 12.4. The fourth-order valence-corrected chi connectivity index (χ4v) is 3.54. The van der Waals surface area contributed by atoms with Gasteiger partial charge in [0.1, 0.15) is 0 Å². The summed E-state index contributed by atoms with van der Waals surface area (Å²) in [4.78, 5) is 27.1. The van der Waals surface area contributed by atoms with Crippen LogP contribution in [-0.4, -0.2) is 66.1 Å². The van der Waals surface area contributed by atoms with Crippen LogP contribution in [-0.2, 0) is 20.9 Å². The molecule has 160 valence electrons. The van der Waals surface area contributed by atoms with Gasteiger partial charge in [0.05, 0.1) is 6.61 Å². The molecule has 0 spiro atoms. The molecule has 2 rings (SSSR count). The normalized spacial score (nSPS) is 14.8. The molecular weight excluding hydrogens is 388 g/mol. The van der Waals surface area contributed by atoms with Gasteiger partial charge in [-0.3, -0.25) is 14.5 Å². The number of nitrogens with zero attached hydrogens (tertiary/aromatic N) is 2. The molecule has 1 aliphatic rings. The minimum atomic E-state index is -0.157. The third kappa shape index (κ3) is 8.79. The van der Waals surface area contributed by atoms with E-state index in [4.69, 9.17) is 17.0 Å². The molecule has 0 atom stereocenters. The van der Waals surface area contributed by atoms with Gasteiger partial charge in [-0.05, 0) is 49.7 Å². The number of benzene rings is 1. The number of amides is 1. The van der Waals surface area contributed by atoms with Gasteiger partial charge in [0.25, 0.3) is 0 Å². The molecule has 2 N–H and O–H groups in total. The number of carbonyl (C=O) groups excluding carboxylic acids is 2. The van der Waals surface area contributed by atoms with Gasteiger partial charge >= 0.3 is 5.97 Å². The van der Waals surface area contributed by atoms with Crippen LogP contribution in [0.25, 0.3) is 0 Å². The lowest BCUT2D eigenvalue weighted by Crippen LogP contribution is -2.42. The number of anilines is 1. The van der Waals surface area contributed by atoms with E-state index in [2.05, 4.69) is 32.6 Å². The Morgan fingerprint density at radius 3 is 2.59 bits per heavy atom. The quantitative estimate of drug-likeness (QED) is 0.380. The third-order valence-corrected chi connectivity index (χ3v) is 5.10. The van der Waals surface area contributed by atoms with E-state index in [1.54, 1.807) is 0 Å². The Hall–Kier alpha value is -2.19. The molecule has 1 aromatic rings.